The number of nitrogens with zero attached hydrogens (tertiary/aromatic N) is 2. The number of alkyl halides is 3. The Morgan fingerprint density at radius 3 is 2.10 bits per heavy atom. The molecular formula is C30H34F3N3O4S. The number of pyridine rings is 1. The third kappa shape index (κ3) is 7.32. The van der Waals surface area contributed by atoms with Gasteiger partial charge >= 0.3 is 18.1 Å². The maximum absolute atomic E-state index is 13.4. The third-order valence-electron chi connectivity index (χ3n) is 6.27. The molecule has 0 saturated carbocycles. The Bertz CT molecular complexity index is 1370. The number of hydrogen-bond acceptors (Lipinski definition) is 8. The number of rotatable bonds is 5. The molecule has 0 amide bonds. The molecule has 0 unspecified atom stereocenters. The Morgan fingerprint density at radius 1 is 0.951 bits per heavy atom. The number of nitrogens with one attached hydrogen (secondary N) is 1. The van der Waals surface area contributed by atoms with Crippen molar-refractivity contribution in [1.82, 2.24) is 4.98 Å². The maximum atomic E-state index is 13.4. The lowest BCUT2D eigenvalue weighted by atomic mass is 9.87. The van der Waals surface area contributed by atoms with E-state index in [9.17, 15) is 22.8 Å². The minimum atomic E-state index is -4.60. The molecular weight excluding hydrogens is 555 g/mol. The first-order chi connectivity index (χ1) is 19.3. The summed E-state index contributed by atoms with van der Waals surface area (Å²) in [6.07, 6.45) is -4.60. The molecule has 0 bridgehead atoms. The van der Waals surface area contributed by atoms with Crippen LogP contribution in [-0.2, 0) is 37.2 Å². The van der Waals surface area contributed by atoms with Gasteiger partial charge in [-0.05, 0) is 58.8 Å². The molecule has 1 N–H and O–H groups in total. The van der Waals surface area contributed by atoms with Gasteiger partial charge in [0.2, 0.25) is 0 Å². The first kappa shape index (κ1) is 31.8. The zero-order valence-corrected chi connectivity index (χ0v) is 24.9. The summed E-state index contributed by atoms with van der Waals surface area (Å²) in [5, 5.41) is 3.01. The molecule has 0 aliphatic carbocycles. The number of fused-ring (bicyclic) bond motifs is 2. The standard InChI is InChI=1S/C28H28F3N3O4S.C2H6/c1-27(2,3)18-8-10-19(11-9-18)39-34-15-17-7-13-22(28(29,30)31)33-24(17)32-20-12-6-16(14-21(20)34)23(25(35)37-4)26(36)38-5;1-2/h6-14,23H,15H2,1-5H3,(H,32,33);1-2H3. The van der Waals surface area contributed by atoms with Gasteiger partial charge in [0, 0.05) is 10.5 Å². The van der Waals surface area contributed by atoms with Gasteiger partial charge in [-0.2, -0.15) is 13.2 Å². The first-order valence-electron chi connectivity index (χ1n) is 13.0. The number of carbonyl (C=O) groups is 2. The average Bonchev–Trinajstić information content (AvgIpc) is 3.09. The predicted octanol–water partition coefficient (Wildman–Crippen LogP) is 7.62. The van der Waals surface area contributed by atoms with Gasteiger partial charge in [-0.25, -0.2) is 4.98 Å². The molecule has 0 fully saturated rings. The van der Waals surface area contributed by atoms with Crippen molar-refractivity contribution in [2.75, 3.05) is 23.8 Å². The van der Waals surface area contributed by atoms with Crippen molar-refractivity contribution >= 4 is 41.1 Å². The summed E-state index contributed by atoms with van der Waals surface area (Å²) < 4.78 is 51.7. The molecule has 4 rings (SSSR count). The van der Waals surface area contributed by atoms with Crippen molar-refractivity contribution in [3.05, 3.63) is 77.0 Å². The minimum absolute atomic E-state index is 0.0329. The Morgan fingerprint density at radius 2 is 1.56 bits per heavy atom. The highest BCUT2D eigenvalue weighted by Gasteiger charge is 2.35. The highest BCUT2D eigenvalue weighted by atomic mass is 32.2. The number of ether oxygens (including phenoxy) is 2. The average molecular weight is 590 g/mol. The van der Waals surface area contributed by atoms with Crippen LogP contribution in [-0.4, -0.2) is 31.1 Å². The second-order valence-corrected chi connectivity index (χ2v) is 11.1. The molecule has 41 heavy (non-hydrogen) atoms. The fourth-order valence-electron chi connectivity index (χ4n) is 4.12. The zero-order chi connectivity index (χ0) is 30.5. The first-order valence-corrected chi connectivity index (χ1v) is 13.8. The molecule has 2 heterocycles. The lowest BCUT2D eigenvalue weighted by Crippen LogP contribution is -2.24. The summed E-state index contributed by atoms with van der Waals surface area (Å²) in [4.78, 5) is 29.7. The van der Waals surface area contributed by atoms with Crippen molar-refractivity contribution in [2.24, 2.45) is 0 Å². The van der Waals surface area contributed by atoms with E-state index in [-0.39, 0.29) is 17.8 Å². The van der Waals surface area contributed by atoms with Crippen molar-refractivity contribution < 1.29 is 32.2 Å². The van der Waals surface area contributed by atoms with Crippen LogP contribution in [0.4, 0.5) is 30.4 Å². The van der Waals surface area contributed by atoms with Crippen LogP contribution in [0.1, 0.15) is 62.9 Å². The molecule has 1 aliphatic heterocycles. The van der Waals surface area contributed by atoms with Crippen LogP contribution in [0.3, 0.4) is 0 Å². The summed E-state index contributed by atoms with van der Waals surface area (Å²) in [6.45, 7) is 10.5. The Labute approximate surface area is 242 Å². The van der Waals surface area contributed by atoms with E-state index >= 15 is 0 Å². The second kappa shape index (κ2) is 12.8. The van der Waals surface area contributed by atoms with Gasteiger partial charge in [0.15, 0.2) is 5.92 Å². The van der Waals surface area contributed by atoms with Gasteiger partial charge in [0.05, 0.1) is 32.1 Å². The van der Waals surface area contributed by atoms with E-state index in [1.54, 1.807) is 12.1 Å². The van der Waals surface area contributed by atoms with E-state index in [2.05, 4.69) is 31.1 Å². The summed E-state index contributed by atoms with van der Waals surface area (Å²) >= 11 is 1.37. The fourth-order valence-corrected chi connectivity index (χ4v) is 5.08. The van der Waals surface area contributed by atoms with Crippen molar-refractivity contribution in [2.45, 2.75) is 63.6 Å². The third-order valence-corrected chi connectivity index (χ3v) is 7.30. The topological polar surface area (TPSA) is 80.8 Å². The highest BCUT2D eigenvalue weighted by Crippen LogP contribution is 2.43. The highest BCUT2D eigenvalue weighted by molar-refractivity contribution is 8.00. The van der Waals surface area contributed by atoms with E-state index in [1.807, 2.05) is 42.4 Å². The summed E-state index contributed by atoms with van der Waals surface area (Å²) in [5.41, 5.74) is 1.96. The quantitative estimate of drug-likeness (QED) is 0.185. The Balaban J connectivity index is 0.00000226. The normalized spacial score (nSPS) is 12.7. The predicted molar refractivity (Wildman–Crippen MR) is 154 cm³/mol. The lowest BCUT2D eigenvalue weighted by molar-refractivity contribution is -0.154. The van der Waals surface area contributed by atoms with E-state index in [4.69, 9.17) is 9.47 Å². The van der Waals surface area contributed by atoms with E-state index in [0.29, 0.717) is 22.5 Å². The number of halogens is 3. The van der Waals surface area contributed by atoms with Gasteiger partial charge in [0.25, 0.3) is 0 Å². The lowest BCUT2D eigenvalue weighted by Gasteiger charge is -2.25. The maximum Gasteiger partial charge on any atom is 0.433 e. The van der Waals surface area contributed by atoms with Crippen molar-refractivity contribution in [1.29, 1.82) is 0 Å². The molecule has 0 saturated heterocycles. The van der Waals surface area contributed by atoms with E-state index < -0.39 is 29.7 Å². The van der Waals surface area contributed by atoms with E-state index in [0.717, 1.165) is 16.5 Å². The number of benzene rings is 2. The van der Waals surface area contributed by atoms with Gasteiger partial charge in [-0.1, -0.05) is 58.9 Å². The summed E-state index contributed by atoms with van der Waals surface area (Å²) in [6, 6.07) is 15.1. The van der Waals surface area contributed by atoms with Crippen LogP contribution in [0.25, 0.3) is 0 Å². The molecule has 1 aromatic heterocycles. The molecule has 220 valence electrons. The summed E-state index contributed by atoms with van der Waals surface area (Å²) in [5.74, 6) is -2.84. The molecule has 3 aromatic rings. The minimum Gasteiger partial charge on any atom is -0.468 e. The van der Waals surface area contributed by atoms with Gasteiger partial charge < -0.3 is 19.1 Å². The molecule has 1 aliphatic rings. The number of esters is 2. The number of aromatic nitrogens is 1. The number of methoxy groups -OCH3 is 2. The Hall–Kier alpha value is -3.73. The second-order valence-electron chi connectivity index (χ2n) is 9.99. The van der Waals surface area contributed by atoms with Crippen LogP contribution in [0, 0.1) is 0 Å². The van der Waals surface area contributed by atoms with Gasteiger partial charge in [-0.15, -0.1) is 0 Å². The van der Waals surface area contributed by atoms with Crippen LogP contribution in [0.2, 0.25) is 0 Å². The monoisotopic (exact) mass is 589 g/mol. The number of anilines is 3. The van der Waals surface area contributed by atoms with Crippen molar-refractivity contribution in [3.63, 3.8) is 0 Å². The fraction of sp³-hybridized carbons (Fsp3) is 0.367. The van der Waals surface area contributed by atoms with Crippen LogP contribution in [0.15, 0.2) is 59.5 Å². The zero-order valence-electron chi connectivity index (χ0n) is 24.1. The SMILES string of the molecule is CC.COC(=O)C(C(=O)OC)c1ccc2c(c1)N(Sc1ccc(C(C)(C)C)cc1)Cc1ccc(C(F)(F)F)nc1N2. The largest absolute Gasteiger partial charge is 0.468 e. The molecule has 0 spiro atoms. The molecule has 11 heteroatoms. The molecule has 2 aromatic carbocycles. The van der Waals surface area contributed by atoms with E-state index in [1.165, 1.54) is 38.3 Å². The molecule has 7 nitrogen and oxygen atoms in total. The van der Waals surface area contributed by atoms with Crippen LogP contribution in [0.5, 0.6) is 0 Å². The van der Waals surface area contributed by atoms with Crippen LogP contribution >= 0.6 is 11.9 Å². The number of carbonyl (C=O) groups excluding carboxylic acids is 2. The van der Waals surface area contributed by atoms with Crippen molar-refractivity contribution in [3.8, 4) is 0 Å². The molecule has 0 radical (unpaired) electrons. The Kier molecular flexibility index (Phi) is 9.96. The van der Waals surface area contributed by atoms with Gasteiger partial charge in [-0.3, -0.25) is 9.59 Å². The van der Waals surface area contributed by atoms with Gasteiger partial charge in [0.1, 0.15) is 11.5 Å². The van der Waals surface area contributed by atoms with Crippen LogP contribution < -0.4 is 9.62 Å². The summed E-state index contributed by atoms with van der Waals surface area (Å²) in [7, 11) is 2.35. The number of hydrogen-bond donors (Lipinski definition) is 1. The smallest absolute Gasteiger partial charge is 0.433 e. The molecule has 0 atom stereocenters.